The molecule has 2 heterocycles. The molecule has 2 saturated heterocycles. The first-order chi connectivity index (χ1) is 11.9. The van der Waals surface area contributed by atoms with Gasteiger partial charge in [0.2, 0.25) is 0 Å². The van der Waals surface area contributed by atoms with E-state index >= 15 is 0 Å². The lowest BCUT2D eigenvalue weighted by atomic mass is 9.76. The largest absolute Gasteiger partial charge is 0.563 e. The van der Waals surface area contributed by atoms with Gasteiger partial charge in [0, 0.05) is 18.6 Å². The van der Waals surface area contributed by atoms with Crippen molar-refractivity contribution in [2.45, 2.75) is 45.8 Å². The quantitative estimate of drug-likeness (QED) is 0.755. The second kappa shape index (κ2) is 6.39. The molecular weight excluding hydrogens is 349 g/mol. The first kappa shape index (κ1) is 19.5. The monoisotopic (exact) mass is 377 g/mol. The first-order valence-electron chi connectivity index (χ1n) is 9.03. The molecule has 142 valence electrons. The predicted octanol–water partition coefficient (Wildman–Crippen LogP) is 1.99. The second-order valence-corrected chi connectivity index (χ2v) is 10.6. The first-order valence-corrected chi connectivity index (χ1v) is 10.8. The van der Waals surface area contributed by atoms with Crippen molar-refractivity contribution in [2.75, 3.05) is 24.6 Å². The minimum absolute atomic E-state index is 0.231. The topological polar surface area (TPSA) is 55.8 Å². The van der Waals surface area contributed by atoms with Crippen molar-refractivity contribution < 1.29 is 17.7 Å². The van der Waals surface area contributed by atoms with Gasteiger partial charge in [-0.05, 0) is 51.2 Å². The van der Waals surface area contributed by atoms with Crippen LogP contribution in [-0.4, -0.2) is 50.6 Å². The Labute approximate surface area is 157 Å². The molecule has 0 saturated carbocycles. The maximum absolute atomic E-state index is 11.7. The average molecular weight is 377 g/mol. The van der Waals surface area contributed by atoms with E-state index in [2.05, 4.69) is 44.4 Å². The molecule has 7 heteroatoms. The van der Waals surface area contributed by atoms with Gasteiger partial charge in [-0.2, -0.15) is 0 Å². The summed E-state index contributed by atoms with van der Waals surface area (Å²) in [6.45, 7) is 15.4. The summed E-state index contributed by atoms with van der Waals surface area (Å²) >= 11 is 0. The van der Waals surface area contributed by atoms with Crippen molar-refractivity contribution >= 4 is 22.4 Å². The van der Waals surface area contributed by atoms with E-state index in [1.807, 2.05) is 19.9 Å². The molecule has 0 amide bonds. The van der Waals surface area contributed by atoms with Gasteiger partial charge in [-0.1, -0.05) is 24.8 Å². The standard InChI is InChI=1S/C19H28BNO4S/c1-14-13-16(20-24-15(2)19(5,6)25-20)7-8-17(14)18(3,4)21-9-11-26(22,23)12-10-21/h7-8,13H,2,9-12H2,1,3-6H3. The summed E-state index contributed by atoms with van der Waals surface area (Å²) in [6.07, 6.45) is 0. The van der Waals surface area contributed by atoms with Crippen LogP contribution in [0.2, 0.25) is 0 Å². The van der Waals surface area contributed by atoms with Crippen LogP contribution in [0.5, 0.6) is 0 Å². The molecule has 0 aliphatic carbocycles. The van der Waals surface area contributed by atoms with Gasteiger partial charge in [-0.25, -0.2) is 8.42 Å². The highest BCUT2D eigenvalue weighted by Gasteiger charge is 2.43. The predicted molar refractivity (Wildman–Crippen MR) is 105 cm³/mol. The van der Waals surface area contributed by atoms with Crippen LogP contribution in [0.25, 0.3) is 0 Å². The molecule has 2 aliphatic rings. The Morgan fingerprint density at radius 1 is 1.23 bits per heavy atom. The van der Waals surface area contributed by atoms with Crippen molar-refractivity contribution in [1.82, 2.24) is 4.90 Å². The Hall–Kier alpha value is -1.31. The molecule has 0 N–H and O–H groups in total. The zero-order valence-corrected chi connectivity index (χ0v) is 17.1. The fourth-order valence-corrected chi connectivity index (χ4v) is 4.93. The Bertz CT molecular complexity index is 818. The second-order valence-electron chi connectivity index (χ2n) is 8.27. The summed E-state index contributed by atoms with van der Waals surface area (Å²) in [4.78, 5) is 2.25. The van der Waals surface area contributed by atoms with Gasteiger partial charge in [0.15, 0.2) is 9.84 Å². The van der Waals surface area contributed by atoms with Crippen molar-refractivity contribution in [2.24, 2.45) is 0 Å². The highest BCUT2D eigenvalue weighted by Crippen LogP contribution is 2.32. The molecule has 2 fully saturated rings. The lowest BCUT2D eigenvalue weighted by Crippen LogP contribution is -2.50. The third kappa shape index (κ3) is 3.57. The van der Waals surface area contributed by atoms with Crippen molar-refractivity contribution in [3.05, 3.63) is 41.7 Å². The smallest absolute Gasteiger partial charge is 0.534 e. The van der Waals surface area contributed by atoms with Gasteiger partial charge in [0.1, 0.15) is 5.60 Å². The summed E-state index contributed by atoms with van der Waals surface area (Å²) in [5.74, 6) is 1.10. The SMILES string of the molecule is C=C1OB(c2ccc(C(C)(C)N3CCS(=O)(=O)CC3)c(C)c2)OC1(C)C. The molecule has 3 rings (SSSR count). The number of hydrogen-bond donors (Lipinski definition) is 0. The van der Waals surface area contributed by atoms with Crippen molar-refractivity contribution in [1.29, 1.82) is 0 Å². The molecule has 1 aromatic carbocycles. The Kier molecular flexibility index (Phi) is 4.78. The van der Waals surface area contributed by atoms with Crippen LogP contribution in [0, 0.1) is 6.92 Å². The maximum atomic E-state index is 11.7. The molecule has 1 aromatic rings. The third-order valence-corrected chi connectivity index (χ3v) is 7.25. The normalized spacial score (nSPS) is 23.1. The molecule has 0 bridgehead atoms. The number of sulfone groups is 1. The summed E-state index contributed by atoms with van der Waals surface area (Å²) in [7, 11) is -3.32. The van der Waals surface area contributed by atoms with Gasteiger partial charge in [-0.15, -0.1) is 0 Å². The summed E-state index contributed by atoms with van der Waals surface area (Å²) in [5.41, 5.74) is 2.57. The van der Waals surface area contributed by atoms with Gasteiger partial charge >= 0.3 is 7.12 Å². The van der Waals surface area contributed by atoms with Crippen LogP contribution in [0.1, 0.15) is 38.8 Å². The Balaban J connectivity index is 1.82. The van der Waals surface area contributed by atoms with E-state index in [9.17, 15) is 8.42 Å². The average Bonchev–Trinajstić information content (AvgIpc) is 2.80. The summed E-state index contributed by atoms with van der Waals surface area (Å²) in [5, 5.41) is 0. The van der Waals surface area contributed by atoms with E-state index in [0.717, 1.165) is 11.0 Å². The van der Waals surface area contributed by atoms with Crippen LogP contribution in [0.15, 0.2) is 30.5 Å². The molecular formula is C19H28BNO4S. The fraction of sp³-hybridized carbons (Fsp3) is 0.579. The fourth-order valence-electron chi connectivity index (χ4n) is 3.73. The molecule has 2 aliphatic heterocycles. The number of aryl methyl sites for hydroxylation is 1. The van der Waals surface area contributed by atoms with Crippen LogP contribution >= 0.6 is 0 Å². The Morgan fingerprint density at radius 3 is 2.35 bits per heavy atom. The van der Waals surface area contributed by atoms with Crippen LogP contribution in [0.4, 0.5) is 0 Å². The third-order valence-electron chi connectivity index (χ3n) is 5.64. The molecule has 5 nitrogen and oxygen atoms in total. The zero-order valence-electron chi connectivity index (χ0n) is 16.3. The lowest BCUT2D eigenvalue weighted by molar-refractivity contribution is 0.131. The number of benzene rings is 1. The summed E-state index contributed by atoms with van der Waals surface area (Å²) in [6, 6.07) is 6.23. The molecule has 0 radical (unpaired) electrons. The molecule has 0 unspecified atom stereocenters. The van der Waals surface area contributed by atoms with Crippen LogP contribution in [0.3, 0.4) is 0 Å². The zero-order chi connectivity index (χ0) is 19.3. The molecule has 26 heavy (non-hydrogen) atoms. The minimum Gasteiger partial charge on any atom is -0.534 e. The van der Waals surface area contributed by atoms with E-state index in [-0.39, 0.29) is 17.0 Å². The van der Waals surface area contributed by atoms with Gasteiger partial charge in [0.05, 0.1) is 17.3 Å². The number of nitrogens with zero attached hydrogens (tertiary/aromatic N) is 1. The highest BCUT2D eigenvalue weighted by molar-refractivity contribution is 7.91. The number of rotatable bonds is 3. The van der Waals surface area contributed by atoms with Gasteiger partial charge in [0.25, 0.3) is 0 Å². The van der Waals surface area contributed by atoms with E-state index in [1.165, 1.54) is 5.56 Å². The van der Waals surface area contributed by atoms with Gasteiger partial charge < -0.3 is 9.31 Å². The Morgan fingerprint density at radius 2 is 1.85 bits per heavy atom. The molecule has 0 aromatic heterocycles. The van der Waals surface area contributed by atoms with Gasteiger partial charge in [-0.3, -0.25) is 4.90 Å². The van der Waals surface area contributed by atoms with Crippen LogP contribution < -0.4 is 5.46 Å². The number of hydrogen-bond acceptors (Lipinski definition) is 5. The van der Waals surface area contributed by atoms with Crippen LogP contribution in [-0.2, 0) is 24.7 Å². The van der Waals surface area contributed by atoms with E-state index < -0.39 is 22.6 Å². The molecule has 0 atom stereocenters. The van der Waals surface area contributed by atoms with E-state index in [0.29, 0.717) is 18.8 Å². The summed E-state index contributed by atoms with van der Waals surface area (Å²) < 4.78 is 35.2. The highest BCUT2D eigenvalue weighted by atomic mass is 32.2. The van der Waals surface area contributed by atoms with E-state index in [4.69, 9.17) is 9.31 Å². The molecule has 0 spiro atoms. The maximum Gasteiger partial charge on any atom is 0.563 e. The minimum atomic E-state index is -2.89. The van der Waals surface area contributed by atoms with E-state index in [1.54, 1.807) is 0 Å². The lowest BCUT2D eigenvalue weighted by Gasteiger charge is -2.42. The van der Waals surface area contributed by atoms with Crippen molar-refractivity contribution in [3.8, 4) is 0 Å². The van der Waals surface area contributed by atoms with Crippen molar-refractivity contribution in [3.63, 3.8) is 0 Å².